The Kier molecular flexibility index (Phi) is 6.74. The van der Waals surface area contributed by atoms with E-state index in [1.165, 1.54) is 4.90 Å². The van der Waals surface area contributed by atoms with Gasteiger partial charge in [0, 0.05) is 31.7 Å². The zero-order valence-corrected chi connectivity index (χ0v) is 16.0. The third-order valence-corrected chi connectivity index (χ3v) is 6.21. The van der Waals surface area contributed by atoms with Crippen LogP contribution in [-0.2, 0) is 14.8 Å². The molecular formula is C17H26N4O4S. The van der Waals surface area contributed by atoms with Crippen molar-refractivity contribution < 1.29 is 18.0 Å². The van der Waals surface area contributed by atoms with Gasteiger partial charge in [-0.15, -0.1) is 0 Å². The molecule has 8 nitrogen and oxygen atoms in total. The van der Waals surface area contributed by atoms with Gasteiger partial charge in [-0.3, -0.25) is 9.59 Å². The van der Waals surface area contributed by atoms with Crippen LogP contribution in [0, 0.1) is 6.92 Å². The largest absolute Gasteiger partial charge is 0.352 e. The smallest absolute Gasteiger partial charge is 0.259 e. The molecule has 0 spiro atoms. The van der Waals surface area contributed by atoms with Crippen molar-refractivity contribution in [2.45, 2.75) is 26.4 Å². The Bertz CT molecular complexity index is 749. The molecule has 26 heavy (non-hydrogen) atoms. The Morgan fingerprint density at radius 1 is 1.23 bits per heavy atom. The van der Waals surface area contributed by atoms with Gasteiger partial charge >= 0.3 is 0 Å². The molecule has 1 atom stereocenters. The Morgan fingerprint density at radius 3 is 2.46 bits per heavy atom. The molecule has 3 N–H and O–H groups in total. The van der Waals surface area contributed by atoms with Crippen LogP contribution in [0.4, 0.5) is 0 Å². The highest BCUT2D eigenvalue weighted by Crippen LogP contribution is 2.22. The van der Waals surface area contributed by atoms with Crippen molar-refractivity contribution in [3.63, 3.8) is 0 Å². The van der Waals surface area contributed by atoms with Gasteiger partial charge in [-0.05, 0) is 25.5 Å². The van der Waals surface area contributed by atoms with E-state index in [1.54, 1.807) is 31.2 Å². The van der Waals surface area contributed by atoms with Gasteiger partial charge in [-0.2, -0.15) is 4.31 Å². The number of sulfonamides is 1. The maximum atomic E-state index is 12.9. The van der Waals surface area contributed by atoms with Crippen molar-refractivity contribution >= 4 is 21.8 Å². The van der Waals surface area contributed by atoms with E-state index in [0.717, 1.165) is 9.87 Å². The highest BCUT2D eigenvalue weighted by atomic mass is 32.2. The van der Waals surface area contributed by atoms with Crippen LogP contribution in [0.2, 0.25) is 0 Å². The van der Waals surface area contributed by atoms with Gasteiger partial charge in [0.15, 0.2) is 6.17 Å². The molecule has 1 saturated heterocycles. The van der Waals surface area contributed by atoms with E-state index in [1.807, 2.05) is 6.92 Å². The third kappa shape index (κ3) is 4.40. The predicted octanol–water partition coefficient (Wildman–Crippen LogP) is -0.106. The topological polar surface area (TPSA) is 113 Å². The third-order valence-electron chi connectivity index (χ3n) is 4.19. The minimum absolute atomic E-state index is 0.0692. The molecule has 1 fully saturated rings. The first-order valence-electron chi connectivity index (χ1n) is 8.66. The van der Waals surface area contributed by atoms with E-state index < -0.39 is 22.1 Å². The number of hydrogen-bond acceptors (Lipinski definition) is 5. The van der Waals surface area contributed by atoms with Crippen molar-refractivity contribution in [3.05, 3.63) is 35.4 Å². The zero-order chi connectivity index (χ0) is 19.3. The summed E-state index contributed by atoms with van der Waals surface area (Å²) in [6.45, 7) is 4.37. The van der Waals surface area contributed by atoms with Crippen LogP contribution in [0.5, 0.6) is 0 Å². The molecule has 0 aromatic heterocycles. The van der Waals surface area contributed by atoms with Gasteiger partial charge < -0.3 is 16.0 Å². The summed E-state index contributed by atoms with van der Waals surface area (Å²) >= 11 is 0. The zero-order valence-electron chi connectivity index (χ0n) is 15.1. The molecule has 9 heteroatoms. The van der Waals surface area contributed by atoms with E-state index in [9.17, 15) is 18.0 Å². The van der Waals surface area contributed by atoms with Crippen LogP contribution in [0.1, 0.15) is 29.3 Å². The average Bonchev–Trinajstić information content (AvgIpc) is 3.05. The lowest BCUT2D eigenvalue weighted by Crippen LogP contribution is -2.54. The molecule has 1 aromatic carbocycles. The SMILES string of the molecule is CCCS(=O)(=O)N1CCN(C(=O)c2ccc(C)cc2)C1C(=O)NCCN. The molecule has 0 saturated carbocycles. The van der Waals surface area contributed by atoms with E-state index >= 15 is 0 Å². The summed E-state index contributed by atoms with van der Waals surface area (Å²) in [7, 11) is -3.64. The molecule has 2 rings (SSSR count). The lowest BCUT2D eigenvalue weighted by Gasteiger charge is -2.28. The quantitative estimate of drug-likeness (QED) is 0.683. The molecule has 1 aliphatic heterocycles. The number of aryl methyl sites for hydroxylation is 1. The molecule has 1 aromatic rings. The molecule has 2 amide bonds. The van der Waals surface area contributed by atoms with E-state index in [4.69, 9.17) is 5.73 Å². The number of nitrogens with two attached hydrogens (primary N) is 1. The summed E-state index contributed by atoms with van der Waals surface area (Å²) in [5.74, 6) is -0.972. The lowest BCUT2D eigenvalue weighted by molar-refractivity contribution is -0.127. The van der Waals surface area contributed by atoms with E-state index in [-0.39, 0.29) is 37.8 Å². The molecule has 0 bridgehead atoms. The van der Waals surface area contributed by atoms with Crippen molar-refractivity contribution in [1.82, 2.24) is 14.5 Å². The average molecular weight is 382 g/mol. The Morgan fingerprint density at radius 2 is 1.88 bits per heavy atom. The van der Waals surface area contributed by atoms with Gasteiger partial charge in [0.1, 0.15) is 0 Å². The fourth-order valence-electron chi connectivity index (χ4n) is 2.91. The number of nitrogens with zero attached hydrogens (tertiary/aromatic N) is 2. The van der Waals surface area contributed by atoms with Crippen molar-refractivity contribution in [2.75, 3.05) is 31.9 Å². The first-order valence-corrected chi connectivity index (χ1v) is 10.3. The van der Waals surface area contributed by atoms with Crippen molar-refractivity contribution in [3.8, 4) is 0 Å². The van der Waals surface area contributed by atoms with E-state index in [0.29, 0.717) is 12.0 Å². The monoisotopic (exact) mass is 382 g/mol. The van der Waals surface area contributed by atoms with Gasteiger partial charge in [0.25, 0.3) is 11.8 Å². The van der Waals surface area contributed by atoms with Crippen LogP contribution in [0.25, 0.3) is 0 Å². The summed E-state index contributed by atoms with van der Waals surface area (Å²) in [6, 6.07) is 6.96. The Labute approximate surface area is 154 Å². The molecular weight excluding hydrogens is 356 g/mol. The maximum absolute atomic E-state index is 12.9. The number of amides is 2. The number of carbonyl (C=O) groups is 2. The van der Waals surface area contributed by atoms with Crippen LogP contribution < -0.4 is 11.1 Å². The summed E-state index contributed by atoms with van der Waals surface area (Å²) in [5.41, 5.74) is 6.84. The Hall–Kier alpha value is -1.97. The highest BCUT2D eigenvalue weighted by Gasteiger charge is 2.45. The van der Waals surface area contributed by atoms with Crippen LogP contribution in [0.15, 0.2) is 24.3 Å². The molecule has 1 unspecified atom stereocenters. The van der Waals surface area contributed by atoms with Crippen LogP contribution in [0.3, 0.4) is 0 Å². The first-order chi connectivity index (χ1) is 12.3. The molecule has 1 aliphatic rings. The summed E-state index contributed by atoms with van der Waals surface area (Å²) in [4.78, 5) is 26.8. The molecule has 0 radical (unpaired) electrons. The van der Waals surface area contributed by atoms with Gasteiger partial charge in [0.05, 0.1) is 5.75 Å². The summed E-state index contributed by atoms with van der Waals surface area (Å²) < 4.78 is 26.2. The molecule has 144 valence electrons. The first kappa shape index (κ1) is 20.3. The lowest BCUT2D eigenvalue weighted by atomic mass is 10.1. The maximum Gasteiger partial charge on any atom is 0.259 e. The second-order valence-electron chi connectivity index (χ2n) is 6.24. The number of hydrogen-bond donors (Lipinski definition) is 2. The summed E-state index contributed by atoms with van der Waals surface area (Å²) in [6.07, 6.45) is -0.756. The van der Waals surface area contributed by atoms with Gasteiger partial charge in [0.2, 0.25) is 10.0 Å². The van der Waals surface area contributed by atoms with Crippen molar-refractivity contribution in [2.24, 2.45) is 5.73 Å². The van der Waals surface area contributed by atoms with Crippen LogP contribution in [-0.4, -0.2) is 67.5 Å². The molecule has 1 heterocycles. The summed E-state index contributed by atoms with van der Waals surface area (Å²) in [5, 5.41) is 2.60. The van der Waals surface area contributed by atoms with Crippen LogP contribution >= 0.6 is 0 Å². The van der Waals surface area contributed by atoms with Crippen molar-refractivity contribution in [1.29, 1.82) is 0 Å². The number of nitrogens with one attached hydrogen (secondary N) is 1. The highest BCUT2D eigenvalue weighted by molar-refractivity contribution is 7.89. The minimum Gasteiger partial charge on any atom is -0.352 e. The van der Waals surface area contributed by atoms with E-state index in [2.05, 4.69) is 5.32 Å². The number of carbonyl (C=O) groups excluding carboxylic acids is 2. The fourth-order valence-corrected chi connectivity index (χ4v) is 4.53. The van der Waals surface area contributed by atoms with Gasteiger partial charge in [-0.1, -0.05) is 24.6 Å². The fraction of sp³-hybridized carbons (Fsp3) is 0.529. The standard InChI is InChI=1S/C17H26N4O4S/c1-3-12-26(24,25)21-11-10-20(16(21)15(22)19-9-8-18)17(23)14-6-4-13(2)5-7-14/h4-7,16H,3,8-12,18H2,1-2H3,(H,19,22). The molecule has 0 aliphatic carbocycles. The Balaban J connectivity index is 2.33. The predicted molar refractivity (Wildman–Crippen MR) is 98.9 cm³/mol. The number of benzene rings is 1. The second kappa shape index (κ2) is 8.61. The second-order valence-corrected chi connectivity index (χ2v) is 8.29. The van der Waals surface area contributed by atoms with Gasteiger partial charge in [-0.25, -0.2) is 8.42 Å². The number of rotatable bonds is 7. The minimum atomic E-state index is -3.64. The normalized spacial score (nSPS) is 18.1.